The van der Waals surface area contributed by atoms with Crippen molar-refractivity contribution in [2.45, 2.75) is 82.8 Å². The van der Waals surface area contributed by atoms with Crippen molar-refractivity contribution in [3.63, 3.8) is 0 Å². The Morgan fingerprint density at radius 2 is 1.90 bits per heavy atom. The van der Waals surface area contributed by atoms with Gasteiger partial charge in [-0.05, 0) is 64.0 Å². The molecule has 1 aliphatic heterocycles. The van der Waals surface area contributed by atoms with Crippen LogP contribution in [0.1, 0.15) is 61.7 Å². The minimum Gasteiger partial charge on any atom is -0.465 e. The Labute approximate surface area is 226 Å². The second kappa shape index (κ2) is 12.4. The van der Waals surface area contributed by atoms with Gasteiger partial charge in [-0.25, -0.2) is 19.3 Å². The summed E-state index contributed by atoms with van der Waals surface area (Å²) in [6.45, 7) is 4.74. The van der Waals surface area contributed by atoms with Crippen molar-refractivity contribution in [1.82, 2.24) is 25.2 Å². The predicted molar refractivity (Wildman–Crippen MR) is 139 cm³/mol. The fourth-order valence-corrected chi connectivity index (χ4v) is 4.94. The van der Waals surface area contributed by atoms with Gasteiger partial charge >= 0.3 is 6.18 Å². The summed E-state index contributed by atoms with van der Waals surface area (Å²) in [6.07, 6.45) is 3.64. The molecule has 1 atom stereocenters. The van der Waals surface area contributed by atoms with Crippen molar-refractivity contribution in [2.24, 2.45) is 0 Å². The van der Waals surface area contributed by atoms with Gasteiger partial charge in [0.15, 0.2) is 6.10 Å². The number of alkyl halides is 4. The summed E-state index contributed by atoms with van der Waals surface area (Å²) in [4.78, 5) is 27.0. The third-order valence-corrected chi connectivity index (χ3v) is 7.50. The Balaban J connectivity index is 1.20. The number of carbonyl (C=O) groups is 1. The van der Waals surface area contributed by atoms with E-state index in [1.54, 1.807) is 31.5 Å². The lowest BCUT2D eigenvalue weighted by molar-refractivity contribution is -0.190. The second-order valence-corrected chi connectivity index (χ2v) is 10.5. The first-order chi connectivity index (χ1) is 18.5. The highest BCUT2D eigenvalue weighted by molar-refractivity contribution is 5.91. The number of nitrogens with one attached hydrogen (secondary N) is 1. The maximum Gasteiger partial charge on any atom is 0.425 e. The van der Waals surface area contributed by atoms with Crippen LogP contribution >= 0.6 is 0 Å². The van der Waals surface area contributed by atoms with Crippen molar-refractivity contribution in [1.29, 1.82) is 0 Å². The molecule has 0 bridgehead atoms. The third kappa shape index (κ3) is 8.45. The minimum atomic E-state index is -4.45. The smallest absolute Gasteiger partial charge is 0.425 e. The number of halogens is 4. The summed E-state index contributed by atoms with van der Waals surface area (Å²) >= 11 is 0. The van der Waals surface area contributed by atoms with Crippen molar-refractivity contribution < 1.29 is 27.1 Å². The first-order valence-corrected chi connectivity index (χ1v) is 13.4. The predicted octanol–water partition coefficient (Wildman–Crippen LogP) is 4.78. The molecule has 2 aliphatic rings. The highest BCUT2D eigenvalue weighted by Crippen LogP contribution is 2.35. The zero-order valence-electron chi connectivity index (χ0n) is 22.3. The Bertz CT molecular complexity index is 1150. The molecule has 0 unspecified atom stereocenters. The lowest BCUT2D eigenvalue weighted by Gasteiger charge is -2.35. The van der Waals surface area contributed by atoms with Crippen LogP contribution in [0.3, 0.4) is 0 Å². The number of rotatable bonds is 8. The van der Waals surface area contributed by atoms with E-state index in [2.05, 4.69) is 25.2 Å². The van der Waals surface area contributed by atoms with Crippen LogP contribution in [0, 0.1) is 6.92 Å². The van der Waals surface area contributed by atoms with E-state index in [1.165, 1.54) is 12.1 Å². The van der Waals surface area contributed by atoms with Gasteiger partial charge in [-0.3, -0.25) is 4.79 Å². The molecule has 212 valence electrons. The van der Waals surface area contributed by atoms with Gasteiger partial charge in [0.05, 0.1) is 0 Å². The van der Waals surface area contributed by atoms with Crippen LogP contribution in [-0.4, -0.2) is 69.4 Å². The first-order valence-electron chi connectivity index (χ1n) is 13.4. The average Bonchev–Trinajstić information content (AvgIpc) is 3.10. The lowest BCUT2D eigenvalue weighted by atomic mass is 9.81. The van der Waals surface area contributed by atoms with Crippen LogP contribution in [0.4, 0.5) is 17.6 Å². The summed E-state index contributed by atoms with van der Waals surface area (Å²) in [5.41, 5.74) is 1.18. The van der Waals surface area contributed by atoms with E-state index in [9.17, 15) is 18.0 Å². The first kappa shape index (κ1) is 28.9. The molecule has 39 heavy (non-hydrogen) atoms. The number of ether oxygens (including phenoxy) is 1. The topological polar surface area (TPSA) is 80.2 Å². The monoisotopic (exact) mass is 549 g/mol. The summed E-state index contributed by atoms with van der Waals surface area (Å²) in [6, 6.07) is 3.20. The lowest BCUT2D eigenvalue weighted by Crippen LogP contribution is -2.42. The molecular formula is C28H35F4N5O2. The van der Waals surface area contributed by atoms with Gasteiger partial charge in [0, 0.05) is 67.9 Å². The molecule has 1 aliphatic carbocycles. The zero-order valence-corrected chi connectivity index (χ0v) is 22.3. The number of hydrogen-bond donors (Lipinski definition) is 1. The molecule has 3 heterocycles. The van der Waals surface area contributed by atoms with Gasteiger partial charge in [0.1, 0.15) is 11.5 Å². The third-order valence-electron chi connectivity index (χ3n) is 7.50. The summed E-state index contributed by atoms with van der Waals surface area (Å²) in [5, 5.41) is 2.96. The molecule has 0 radical (unpaired) electrons. The molecule has 0 aromatic carbocycles. The molecule has 0 spiro atoms. The van der Waals surface area contributed by atoms with Crippen molar-refractivity contribution in [2.75, 3.05) is 19.6 Å². The molecule has 2 aromatic heterocycles. The van der Waals surface area contributed by atoms with Gasteiger partial charge in [-0.1, -0.05) is 6.07 Å². The highest BCUT2D eigenvalue weighted by Gasteiger charge is 2.38. The number of fused-ring (bicyclic) bond motifs is 1. The number of aromatic nitrogens is 3. The average molecular weight is 550 g/mol. The van der Waals surface area contributed by atoms with E-state index in [0.29, 0.717) is 63.9 Å². The number of amides is 1. The molecule has 2 aromatic rings. The van der Waals surface area contributed by atoms with E-state index < -0.39 is 17.9 Å². The molecule has 1 saturated carbocycles. The number of carbonyl (C=O) groups excluding carboxylic acids is 1. The highest BCUT2D eigenvalue weighted by atomic mass is 19.4. The van der Waals surface area contributed by atoms with Crippen molar-refractivity contribution in [3.05, 3.63) is 53.2 Å². The Morgan fingerprint density at radius 1 is 1.21 bits per heavy atom. The van der Waals surface area contributed by atoms with E-state index in [-0.39, 0.29) is 17.8 Å². The molecule has 0 saturated heterocycles. The van der Waals surface area contributed by atoms with E-state index in [0.717, 1.165) is 30.3 Å². The fourth-order valence-electron chi connectivity index (χ4n) is 4.94. The van der Waals surface area contributed by atoms with Gasteiger partial charge < -0.3 is 15.0 Å². The Hall–Kier alpha value is -3.08. The van der Waals surface area contributed by atoms with Crippen LogP contribution in [0.25, 0.3) is 6.08 Å². The van der Waals surface area contributed by atoms with Crippen molar-refractivity contribution >= 4 is 12.0 Å². The normalized spacial score (nSPS) is 23.2. The zero-order chi connectivity index (χ0) is 28.0. The SMILES string of the molecule is Cc1ncc(/C=C/C(=O)NC2CCC(F)(CCN3CCc4ccc(O[C@H](C)C(F)(F)F)nc4CC3)CC2)cn1. The summed E-state index contributed by atoms with van der Waals surface area (Å²) < 4.78 is 59.0. The van der Waals surface area contributed by atoms with Gasteiger partial charge in [-0.2, -0.15) is 13.2 Å². The molecule has 4 rings (SSSR count). The van der Waals surface area contributed by atoms with Gasteiger partial charge in [-0.15, -0.1) is 0 Å². The van der Waals surface area contributed by atoms with Gasteiger partial charge in [0.25, 0.3) is 0 Å². The number of nitrogens with zero attached hydrogens (tertiary/aromatic N) is 4. The molecule has 1 fully saturated rings. The summed E-state index contributed by atoms with van der Waals surface area (Å²) in [7, 11) is 0. The Kier molecular flexibility index (Phi) is 9.19. The molecular weight excluding hydrogens is 514 g/mol. The maximum absolute atomic E-state index is 15.6. The number of hydrogen-bond acceptors (Lipinski definition) is 6. The van der Waals surface area contributed by atoms with Crippen LogP contribution < -0.4 is 10.1 Å². The largest absolute Gasteiger partial charge is 0.465 e. The fraction of sp³-hybridized carbons (Fsp3) is 0.571. The van der Waals surface area contributed by atoms with Crippen LogP contribution in [-0.2, 0) is 17.6 Å². The maximum atomic E-state index is 15.6. The van der Waals surface area contributed by atoms with Crippen LogP contribution in [0.2, 0.25) is 0 Å². The molecule has 7 nitrogen and oxygen atoms in total. The van der Waals surface area contributed by atoms with E-state index in [4.69, 9.17) is 4.74 Å². The van der Waals surface area contributed by atoms with Crippen molar-refractivity contribution in [3.8, 4) is 5.88 Å². The van der Waals surface area contributed by atoms with Gasteiger partial charge in [0.2, 0.25) is 11.8 Å². The van der Waals surface area contributed by atoms with Crippen LogP contribution in [0.5, 0.6) is 5.88 Å². The number of pyridine rings is 1. The number of aryl methyl sites for hydroxylation is 1. The standard InChI is InChI=1S/C28H35F4N5O2/c1-19(28(30,31)32)39-26-6-4-22-9-14-37(15-10-24(22)36-26)16-13-27(29)11-7-23(8-12-27)35-25(38)5-3-21-17-33-20(2)34-18-21/h3-6,17-19,23H,7-16H2,1-2H3,(H,35,38)/b5-3+/t19-,23?,27?/m1/s1. The second-order valence-electron chi connectivity index (χ2n) is 10.5. The van der Waals surface area contributed by atoms with Crippen LogP contribution in [0.15, 0.2) is 30.6 Å². The molecule has 1 amide bonds. The molecule has 1 N–H and O–H groups in total. The summed E-state index contributed by atoms with van der Waals surface area (Å²) in [5.74, 6) is 0.414. The Morgan fingerprint density at radius 3 is 2.59 bits per heavy atom. The molecule has 11 heteroatoms. The minimum absolute atomic E-state index is 0.0294. The quantitative estimate of drug-likeness (QED) is 0.377. The van der Waals surface area contributed by atoms with E-state index in [1.807, 2.05) is 0 Å². The van der Waals surface area contributed by atoms with E-state index >= 15 is 4.39 Å².